The van der Waals surface area contributed by atoms with E-state index in [0.717, 1.165) is 42.5 Å². The molecule has 1 aliphatic heterocycles. The van der Waals surface area contributed by atoms with Crippen LogP contribution in [0.1, 0.15) is 32.1 Å². The molecule has 0 aromatic carbocycles. The number of carbonyl (C=O) groups is 1. The van der Waals surface area contributed by atoms with Crippen LogP contribution in [-0.4, -0.2) is 59.8 Å². The molecular weight excluding hydrogens is 455 g/mol. The third-order valence-corrected chi connectivity index (χ3v) is 6.42. The number of fused-ring (bicyclic) bond motifs is 2. The number of aliphatic imine (C=N–C) groups is 1. The SMILES string of the molecule is CN=C(NCCC1CC2CCC1C2)N1CCN(c2cnn(C)c2)C(=O)C1.I. The number of hydrogen-bond donors (Lipinski definition) is 1. The van der Waals surface area contributed by atoms with E-state index in [9.17, 15) is 4.79 Å². The Balaban J connectivity index is 0.00000210. The Morgan fingerprint density at radius 3 is 2.78 bits per heavy atom. The van der Waals surface area contributed by atoms with Crippen LogP contribution in [-0.2, 0) is 11.8 Å². The van der Waals surface area contributed by atoms with E-state index in [1.165, 1.54) is 32.1 Å². The highest BCUT2D eigenvalue weighted by molar-refractivity contribution is 14.0. The number of piperazine rings is 1. The van der Waals surface area contributed by atoms with Crippen molar-refractivity contribution >= 4 is 41.5 Å². The summed E-state index contributed by atoms with van der Waals surface area (Å²) in [5.41, 5.74) is 0.872. The van der Waals surface area contributed by atoms with E-state index in [1.54, 1.807) is 17.9 Å². The zero-order valence-electron chi connectivity index (χ0n) is 16.3. The van der Waals surface area contributed by atoms with Gasteiger partial charge in [-0.15, -0.1) is 24.0 Å². The number of aryl methyl sites for hydroxylation is 1. The van der Waals surface area contributed by atoms with Crippen molar-refractivity contribution in [3.8, 4) is 0 Å². The van der Waals surface area contributed by atoms with Gasteiger partial charge in [0.15, 0.2) is 5.96 Å². The molecule has 0 spiro atoms. The minimum atomic E-state index is 0. The molecule has 150 valence electrons. The fraction of sp³-hybridized carbons (Fsp3) is 0.737. The molecule has 1 aromatic rings. The van der Waals surface area contributed by atoms with Crippen LogP contribution in [0.4, 0.5) is 5.69 Å². The first-order valence-corrected chi connectivity index (χ1v) is 9.88. The van der Waals surface area contributed by atoms with Crippen molar-refractivity contribution in [2.45, 2.75) is 32.1 Å². The summed E-state index contributed by atoms with van der Waals surface area (Å²) in [6.45, 7) is 2.77. The molecule has 3 unspecified atom stereocenters. The van der Waals surface area contributed by atoms with Crippen LogP contribution < -0.4 is 10.2 Å². The minimum Gasteiger partial charge on any atom is -0.356 e. The van der Waals surface area contributed by atoms with Gasteiger partial charge in [-0.2, -0.15) is 5.10 Å². The maximum atomic E-state index is 12.6. The van der Waals surface area contributed by atoms with Gasteiger partial charge in [0.25, 0.3) is 0 Å². The van der Waals surface area contributed by atoms with E-state index in [1.807, 2.05) is 18.1 Å². The second kappa shape index (κ2) is 8.79. The molecule has 0 radical (unpaired) electrons. The normalized spacial score (nSPS) is 27.9. The van der Waals surface area contributed by atoms with Gasteiger partial charge in [0.05, 0.1) is 11.9 Å². The number of aromatic nitrogens is 2. The number of hydrogen-bond acceptors (Lipinski definition) is 3. The number of nitrogens with one attached hydrogen (secondary N) is 1. The molecule has 27 heavy (non-hydrogen) atoms. The maximum absolute atomic E-state index is 12.6. The van der Waals surface area contributed by atoms with Gasteiger partial charge in [-0.3, -0.25) is 14.5 Å². The van der Waals surface area contributed by atoms with Crippen molar-refractivity contribution in [3.63, 3.8) is 0 Å². The predicted octanol–water partition coefficient (Wildman–Crippen LogP) is 2.09. The fourth-order valence-electron chi connectivity index (χ4n) is 5.11. The molecule has 1 aromatic heterocycles. The van der Waals surface area contributed by atoms with Crippen molar-refractivity contribution in [2.24, 2.45) is 29.8 Å². The zero-order valence-corrected chi connectivity index (χ0v) is 18.6. The summed E-state index contributed by atoms with van der Waals surface area (Å²) >= 11 is 0. The monoisotopic (exact) mass is 486 g/mol. The molecule has 1 amide bonds. The van der Waals surface area contributed by atoms with Gasteiger partial charge in [-0.25, -0.2) is 0 Å². The first-order chi connectivity index (χ1) is 12.6. The summed E-state index contributed by atoms with van der Waals surface area (Å²) in [7, 11) is 3.67. The van der Waals surface area contributed by atoms with Gasteiger partial charge in [0, 0.05) is 39.9 Å². The summed E-state index contributed by atoms with van der Waals surface area (Å²) in [5.74, 6) is 3.81. The molecule has 2 heterocycles. The quantitative estimate of drug-likeness (QED) is 0.402. The van der Waals surface area contributed by atoms with Gasteiger partial charge in [-0.05, 0) is 43.4 Å². The van der Waals surface area contributed by atoms with Crippen LogP contribution in [0.25, 0.3) is 0 Å². The molecule has 7 nitrogen and oxygen atoms in total. The second-order valence-corrected chi connectivity index (χ2v) is 8.04. The lowest BCUT2D eigenvalue weighted by molar-refractivity contribution is -0.120. The van der Waals surface area contributed by atoms with Gasteiger partial charge in [0.1, 0.15) is 6.54 Å². The maximum Gasteiger partial charge on any atom is 0.246 e. The van der Waals surface area contributed by atoms with Gasteiger partial charge in [-0.1, -0.05) is 6.42 Å². The smallest absolute Gasteiger partial charge is 0.246 e. The molecule has 4 rings (SSSR count). The lowest BCUT2D eigenvalue weighted by Gasteiger charge is -2.35. The average molecular weight is 486 g/mol. The number of amides is 1. The fourth-order valence-corrected chi connectivity index (χ4v) is 5.11. The molecule has 2 bridgehead atoms. The lowest BCUT2D eigenvalue weighted by atomic mass is 9.86. The number of anilines is 1. The minimum absolute atomic E-state index is 0. The summed E-state index contributed by atoms with van der Waals surface area (Å²) < 4.78 is 1.73. The Labute approximate surface area is 178 Å². The van der Waals surface area contributed by atoms with Crippen LogP contribution >= 0.6 is 24.0 Å². The van der Waals surface area contributed by atoms with E-state index in [0.29, 0.717) is 13.1 Å². The summed E-state index contributed by atoms with van der Waals surface area (Å²) in [5, 5.41) is 7.66. The van der Waals surface area contributed by atoms with Crippen LogP contribution in [0.5, 0.6) is 0 Å². The number of guanidine groups is 1. The Bertz CT molecular complexity index is 689. The van der Waals surface area contributed by atoms with Crippen molar-refractivity contribution in [2.75, 3.05) is 38.1 Å². The average Bonchev–Trinajstić information content (AvgIpc) is 3.36. The Kier molecular flexibility index (Phi) is 6.65. The molecular formula is C19H31IN6O. The highest BCUT2D eigenvalue weighted by Crippen LogP contribution is 2.49. The number of rotatable bonds is 4. The Morgan fingerprint density at radius 1 is 1.33 bits per heavy atom. The molecule has 3 atom stereocenters. The molecule has 2 saturated carbocycles. The van der Waals surface area contributed by atoms with Crippen LogP contribution in [0, 0.1) is 17.8 Å². The largest absolute Gasteiger partial charge is 0.356 e. The van der Waals surface area contributed by atoms with Crippen molar-refractivity contribution in [1.29, 1.82) is 0 Å². The molecule has 3 fully saturated rings. The highest BCUT2D eigenvalue weighted by Gasteiger charge is 2.38. The summed E-state index contributed by atoms with van der Waals surface area (Å²) in [6.07, 6.45) is 10.6. The third kappa shape index (κ3) is 4.41. The van der Waals surface area contributed by atoms with Crippen LogP contribution in [0.15, 0.2) is 17.4 Å². The molecule has 1 N–H and O–H groups in total. The number of carbonyl (C=O) groups excluding carboxylic acids is 1. The summed E-state index contributed by atoms with van der Waals surface area (Å²) in [4.78, 5) is 20.9. The van der Waals surface area contributed by atoms with Crippen molar-refractivity contribution in [3.05, 3.63) is 12.4 Å². The van der Waals surface area contributed by atoms with Crippen LogP contribution in [0.3, 0.4) is 0 Å². The van der Waals surface area contributed by atoms with Gasteiger partial charge in [0.2, 0.25) is 5.91 Å². The topological polar surface area (TPSA) is 65.8 Å². The molecule has 3 aliphatic rings. The standard InChI is InChI=1S/C19H30N6O.HI/c1-20-19(21-6-5-16-10-14-3-4-15(16)9-14)24-7-8-25(18(26)13-24)17-11-22-23(2)12-17;/h11-12,14-16H,3-10,13H2,1-2H3,(H,20,21);1H. The second-order valence-electron chi connectivity index (χ2n) is 8.04. The zero-order chi connectivity index (χ0) is 18.1. The van der Waals surface area contributed by atoms with E-state index in [4.69, 9.17) is 0 Å². The van der Waals surface area contributed by atoms with Gasteiger partial charge < -0.3 is 15.1 Å². The van der Waals surface area contributed by atoms with Gasteiger partial charge >= 0.3 is 0 Å². The van der Waals surface area contributed by atoms with Crippen molar-refractivity contribution < 1.29 is 4.79 Å². The Morgan fingerprint density at radius 2 is 2.19 bits per heavy atom. The van der Waals surface area contributed by atoms with E-state index < -0.39 is 0 Å². The predicted molar refractivity (Wildman–Crippen MR) is 117 cm³/mol. The lowest BCUT2D eigenvalue weighted by Crippen LogP contribution is -2.55. The third-order valence-electron chi connectivity index (χ3n) is 6.42. The van der Waals surface area contributed by atoms with E-state index >= 15 is 0 Å². The first kappa shape index (κ1) is 20.4. The molecule has 8 heteroatoms. The summed E-state index contributed by atoms with van der Waals surface area (Å²) in [6, 6.07) is 0. The van der Waals surface area contributed by atoms with E-state index in [2.05, 4.69) is 20.3 Å². The van der Waals surface area contributed by atoms with E-state index in [-0.39, 0.29) is 29.9 Å². The Hall–Kier alpha value is -1.32. The number of nitrogens with zero attached hydrogens (tertiary/aromatic N) is 5. The molecule has 1 saturated heterocycles. The molecule has 2 aliphatic carbocycles. The first-order valence-electron chi connectivity index (χ1n) is 9.88. The highest BCUT2D eigenvalue weighted by atomic mass is 127. The van der Waals surface area contributed by atoms with Crippen LogP contribution in [0.2, 0.25) is 0 Å². The number of halogens is 1. The van der Waals surface area contributed by atoms with Crippen molar-refractivity contribution in [1.82, 2.24) is 20.0 Å².